The molecule has 0 saturated heterocycles. The number of carbonyl (C=O) groups excluding carboxylic acids is 3. The predicted octanol–water partition coefficient (Wildman–Crippen LogP) is 1.58. The molecule has 8 nitrogen and oxygen atoms in total. The van der Waals surface area contributed by atoms with Crippen LogP contribution in [0.1, 0.15) is 38.7 Å². The maximum absolute atomic E-state index is 12.8. The van der Waals surface area contributed by atoms with Crippen LogP contribution < -0.4 is 9.47 Å². The minimum atomic E-state index is -1.67. The van der Waals surface area contributed by atoms with E-state index in [1.54, 1.807) is 32.0 Å². The number of carbonyl (C=O) groups is 3. The Morgan fingerprint density at radius 3 is 2.46 bits per heavy atom. The van der Waals surface area contributed by atoms with Crippen LogP contribution >= 0.6 is 0 Å². The molecule has 0 spiro atoms. The molecule has 0 aromatic heterocycles. The highest BCUT2D eigenvalue weighted by Crippen LogP contribution is 2.48. The second kappa shape index (κ2) is 7.79. The normalized spacial score (nSPS) is 28.7. The number of rotatable bonds is 5. The highest BCUT2D eigenvalue weighted by atomic mass is 16.7. The molecule has 1 N–H and O–H groups in total. The largest absolute Gasteiger partial charge is 0.466 e. The molecule has 3 rings (SSSR count). The molecule has 1 aliphatic heterocycles. The molecule has 8 heteroatoms. The maximum atomic E-state index is 12.8. The Labute approximate surface area is 162 Å². The second-order valence-electron chi connectivity index (χ2n) is 7.10. The summed E-state index contributed by atoms with van der Waals surface area (Å²) in [5.41, 5.74) is -1.18. The van der Waals surface area contributed by atoms with Gasteiger partial charge in [-0.3, -0.25) is 14.4 Å². The quantitative estimate of drug-likeness (QED) is 0.594. The number of fused-ring (bicyclic) bond motifs is 1. The number of hydrogen-bond donors (Lipinski definition) is 1. The molecule has 1 aliphatic carbocycles. The Bertz CT molecular complexity index is 784. The Morgan fingerprint density at radius 1 is 1.14 bits per heavy atom. The Kier molecular flexibility index (Phi) is 5.60. The van der Waals surface area contributed by atoms with Crippen molar-refractivity contribution < 1.29 is 38.4 Å². The minimum Gasteiger partial charge on any atom is -0.466 e. The van der Waals surface area contributed by atoms with Crippen LogP contribution in [-0.4, -0.2) is 48.4 Å². The van der Waals surface area contributed by atoms with E-state index in [-0.39, 0.29) is 26.4 Å². The molecule has 0 unspecified atom stereocenters. The van der Waals surface area contributed by atoms with E-state index in [0.29, 0.717) is 17.1 Å². The molecule has 1 aromatic carbocycles. The lowest BCUT2D eigenvalue weighted by Crippen LogP contribution is -2.55. The molecule has 2 aliphatic rings. The monoisotopic (exact) mass is 392 g/mol. The molecule has 4 atom stereocenters. The molecular weight excluding hydrogens is 368 g/mol. The number of hydrogen-bond acceptors (Lipinski definition) is 8. The lowest BCUT2D eigenvalue weighted by Gasteiger charge is -2.43. The average molecular weight is 392 g/mol. The zero-order chi connectivity index (χ0) is 20.5. The van der Waals surface area contributed by atoms with E-state index in [0.717, 1.165) is 0 Å². The molecule has 1 heterocycles. The van der Waals surface area contributed by atoms with Gasteiger partial charge in [-0.25, -0.2) is 0 Å². The van der Waals surface area contributed by atoms with Crippen molar-refractivity contribution in [3.63, 3.8) is 0 Å². The summed E-state index contributed by atoms with van der Waals surface area (Å²) < 4.78 is 21.0. The summed E-state index contributed by atoms with van der Waals surface area (Å²) in [5.74, 6) is -4.21. The van der Waals surface area contributed by atoms with Crippen LogP contribution in [0.4, 0.5) is 0 Å². The Balaban J connectivity index is 2.12. The first-order valence-corrected chi connectivity index (χ1v) is 9.28. The van der Waals surface area contributed by atoms with Crippen molar-refractivity contribution in [2.75, 3.05) is 20.0 Å². The van der Waals surface area contributed by atoms with Crippen LogP contribution in [-0.2, 0) is 23.9 Å². The number of ketones is 1. The Morgan fingerprint density at radius 2 is 1.79 bits per heavy atom. The van der Waals surface area contributed by atoms with Crippen molar-refractivity contribution in [1.82, 2.24) is 0 Å². The van der Waals surface area contributed by atoms with Gasteiger partial charge < -0.3 is 24.1 Å². The molecule has 152 valence electrons. The molecule has 0 bridgehead atoms. The van der Waals surface area contributed by atoms with Crippen molar-refractivity contribution >= 4 is 17.7 Å². The van der Waals surface area contributed by atoms with Crippen molar-refractivity contribution in [1.29, 1.82) is 0 Å². The van der Waals surface area contributed by atoms with Gasteiger partial charge in [-0.2, -0.15) is 0 Å². The number of Topliss-reactive ketones (excluding diaryl/α,β-unsaturated/α-hetero) is 1. The fraction of sp³-hybridized carbons (Fsp3) is 0.550. The van der Waals surface area contributed by atoms with Gasteiger partial charge in [0, 0.05) is 12.3 Å². The van der Waals surface area contributed by atoms with Gasteiger partial charge in [-0.1, -0.05) is 6.07 Å². The van der Waals surface area contributed by atoms with Gasteiger partial charge in [0.2, 0.25) is 6.79 Å². The van der Waals surface area contributed by atoms with E-state index >= 15 is 0 Å². The molecule has 0 radical (unpaired) electrons. The summed E-state index contributed by atoms with van der Waals surface area (Å²) in [5, 5.41) is 10.9. The van der Waals surface area contributed by atoms with E-state index in [9.17, 15) is 19.5 Å². The van der Waals surface area contributed by atoms with Gasteiger partial charge in [0.15, 0.2) is 17.3 Å². The first-order chi connectivity index (χ1) is 13.3. The van der Waals surface area contributed by atoms with Crippen molar-refractivity contribution in [2.24, 2.45) is 11.8 Å². The molecule has 0 amide bonds. The number of benzene rings is 1. The van der Waals surface area contributed by atoms with Gasteiger partial charge >= 0.3 is 11.9 Å². The standard InChI is InChI=1S/C20H24O8/c1-4-25-18(22)16-12(21)9-20(3,24)17(19(23)26-5-2)15(16)11-6-7-13-14(8-11)28-10-27-13/h6-8,15-17,24H,4-5,9-10H2,1-3H3/t15-,16-,17+,20-/m0/s1. The zero-order valence-corrected chi connectivity index (χ0v) is 16.1. The summed E-state index contributed by atoms with van der Waals surface area (Å²) in [6.07, 6.45) is -0.346. The van der Waals surface area contributed by atoms with E-state index in [2.05, 4.69) is 0 Å². The highest BCUT2D eigenvalue weighted by molar-refractivity contribution is 6.02. The lowest BCUT2D eigenvalue weighted by atomic mass is 9.61. The Hall–Kier alpha value is -2.61. The minimum absolute atomic E-state index is 0.0582. The molecule has 1 saturated carbocycles. The molecule has 1 aromatic rings. The fourth-order valence-corrected chi connectivity index (χ4v) is 4.00. The third-order valence-electron chi connectivity index (χ3n) is 5.13. The lowest BCUT2D eigenvalue weighted by molar-refractivity contribution is -0.172. The number of esters is 2. The summed E-state index contributed by atoms with van der Waals surface area (Å²) in [7, 11) is 0. The van der Waals surface area contributed by atoms with E-state index < -0.39 is 41.1 Å². The van der Waals surface area contributed by atoms with Crippen LogP contribution in [0, 0.1) is 11.8 Å². The molecule has 28 heavy (non-hydrogen) atoms. The SMILES string of the molecule is CCOC(=O)[C@H]1C(=O)C[C@](C)(O)[C@@H](C(=O)OCC)[C@H]1c1ccc2c(c1)OCO2. The third-order valence-corrected chi connectivity index (χ3v) is 5.13. The number of aliphatic hydroxyl groups is 1. The van der Waals surface area contributed by atoms with Crippen molar-refractivity contribution in [3.8, 4) is 11.5 Å². The summed E-state index contributed by atoms with van der Waals surface area (Å²) in [6.45, 7) is 4.96. The van der Waals surface area contributed by atoms with Gasteiger partial charge in [-0.15, -0.1) is 0 Å². The van der Waals surface area contributed by atoms with Crippen LogP contribution in [0.5, 0.6) is 11.5 Å². The second-order valence-corrected chi connectivity index (χ2v) is 7.10. The maximum Gasteiger partial charge on any atom is 0.317 e. The molecule has 1 fully saturated rings. The van der Waals surface area contributed by atoms with Crippen LogP contribution in [0.3, 0.4) is 0 Å². The van der Waals surface area contributed by atoms with E-state index in [1.807, 2.05) is 0 Å². The fourth-order valence-electron chi connectivity index (χ4n) is 4.00. The first-order valence-electron chi connectivity index (χ1n) is 9.28. The van der Waals surface area contributed by atoms with Gasteiger partial charge in [0.1, 0.15) is 5.92 Å². The summed E-state index contributed by atoms with van der Waals surface area (Å²) >= 11 is 0. The topological polar surface area (TPSA) is 108 Å². The van der Waals surface area contributed by atoms with Crippen molar-refractivity contribution in [2.45, 2.75) is 38.7 Å². The highest BCUT2D eigenvalue weighted by Gasteiger charge is 2.57. The summed E-state index contributed by atoms with van der Waals surface area (Å²) in [4.78, 5) is 38.2. The van der Waals surface area contributed by atoms with Gasteiger partial charge in [0.25, 0.3) is 0 Å². The third kappa shape index (κ3) is 3.56. The van der Waals surface area contributed by atoms with E-state index in [1.165, 1.54) is 6.92 Å². The number of ether oxygens (including phenoxy) is 4. The van der Waals surface area contributed by atoms with Crippen LogP contribution in [0.15, 0.2) is 18.2 Å². The predicted molar refractivity (Wildman–Crippen MR) is 95.8 cm³/mol. The van der Waals surface area contributed by atoms with Gasteiger partial charge in [0.05, 0.1) is 24.7 Å². The smallest absolute Gasteiger partial charge is 0.317 e. The zero-order valence-electron chi connectivity index (χ0n) is 16.1. The molecular formula is C20H24O8. The van der Waals surface area contributed by atoms with Crippen molar-refractivity contribution in [3.05, 3.63) is 23.8 Å². The first kappa shape index (κ1) is 20.1. The van der Waals surface area contributed by atoms with Crippen LogP contribution in [0.25, 0.3) is 0 Å². The van der Waals surface area contributed by atoms with Crippen LogP contribution in [0.2, 0.25) is 0 Å². The average Bonchev–Trinajstić information content (AvgIpc) is 3.08. The van der Waals surface area contributed by atoms with E-state index in [4.69, 9.17) is 18.9 Å². The van der Waals surface area contributed by atoms with Gasteiger partial charge in [-0.05, 0) is 38.5 Å². The summed E-state index contributed by atoms with van der Waals surface area (Å²) in [6, 6.07) is 4.93.